The lowest BCUT2D eigenvalue weighted by Gasteiger charge is -2.36. The number of carbonyl (C=O) groups excluding carboxylic acids is 1. The van der Waals surface area contributed by atoms with Gasteiger partial charge in [0.05, 0.1) is 12.0 Å². The highest BCUT2D eigenvalue weighted by Gasteiger charge is 2.40. The lowest BCUT2D eigenvalue weighted by Crippen LogP contribution is -2.44. The Kier molecular flexibility index (Phi) is 7.87. The number of carbonyl (C=O) groups is 1. The molecule has 0 saturated heterocycles. The molecule has 4 nitrogen and oxygen atoms in total. The van der Waals surface area contributed by atoms with E-state index in [1.165, 1.54) is 24.3 Å². The molecular weight excluding hydrogens is 354 g/mol. The molecule has 3 N–H and O–H groups in total. The Morgan fingerprint density at radius 1 is 1.19 bits per heavy atom. The Labute approximate surface area is 150 Å². The minimum atomic E-state index is -3.04. The van der Waals surface area contributed by atoms with E-state index in [-0.39, 0.29) is 12.2 Å². The molecule has 0 aliphatic rings. The number of primary amides is 1. The summed E-state index contributed by atoms with van der Waals surface area (Å²) in [6.07, 6.45) is -4.48. The fourth-order valence-corrected chi connectivity index (χ4v) is 2.89. The number of hydrogen-bond donors (Lipinski definition) is 2. The van der Waals surface area contributed by atoms with Gasteiger partial charge in [-0.1, -0.05) is 32.9 Å². The molecule has 1 aromatic carbocycles. The first-order chi connectivity index (χ1) is 11.9. The summed E-state index contributed by atoms with van der Waals surface area (Å²) in [4.78, 5) is 12.0. The number of alkyl halides is 4. The number of rotatable bonds is 9. The van der Waals surface area contributed by atoms with Crippen LogP contribution in [0.5, 0.6) is 5.75 Å². The van der Waals surface area contributed by atoms with Gasteiger partial charge in [-0.2, -0.15) is 8.78 Å². The van der Waals surface area contributed by atoms with Crippen LogP contribution in [0, 0.1) is 11.3 Å². The minimum absolute atomic E-state index is 0.142. The molecule has 0 aliphatic carbocycles. The lowest BCUT2D eigenvalue weighted by atomic mass is 9.71. The smallest absolute Gasteiger partial charge is 0.387 e. The maximum atomic E-state index is 12.8. The first kappa shape index (κ1) is 22.2. The third-order valence-corrected chi connectivity index (χ3v) is 4.20. The maximum Gasteiger partial charge on any atom is 0.387 e. The first-order valence-electron chi connectivity index (χ1n) is 8.23. The zero-order chi connectivity index (χ0) is 20.1. The second-order valence-electron chi connectivity index (χ2n) is 7.26. The molecule has 1 amide bonds. The van der Waals surface area contributed by atoms with Crippen molar-refractivity contribution in [3.8, 4) is 5.75 Å². The van der Waals surface area contributed by atoms with Crippen LogP contribution in [0.15, 0.2) is 24.3 Å². The SMILES string of the molecule is CC(C)(C)C(O)C(C(N)=O)[C@H](CCC(F)F)c1cccc(OC(F)F)c1. The van der Waals surface area contributed by atoms with Crippen molar-refractivity contribution in [2.45, 2.75) is 58.7 Å². The van der Waals surface area contributed by atoms with E-state index >= 15 is 0 Å². The summed E-state index contributed by atoms with van der Waals surface area (Å²) in [5.41, 5.74) is 5.05. The molecule has 0 radical (unpaired) electrons. The monoisotopic (exact) mass is 379 g/mol. The average Bonchev–Trinajstić information content (AvgIpc) is 2.48. The van der Waals surface area contributed by atoms with Crippen molar-refractivity contribution in [2.24, 2.45) is 17.1 Å². The average molecular weight is 379 g/mol. The van der Waals surface area contributed by atoms with Gasteiger partial charge in [-0.3, -0.25) is 4.79 Å². The molecule has 0 bridgehead atoms. The van der Waals surface area contributed by atoms with Gasteiger partial charge in [0.25, 0.3) is 0 Å². The number of aliphatic hydroxyl groups is 1. The fraction of sp³-hybridized carbons (Fsp3) is 0.611. The summed E-state index contributed by atoms with van der Waals surface area (Å²) in [5, 5.41) is 10.6. The molecule has 0 spiro atoms. The second kappa shape index (κ2) is 9.21. The topological polar surface area (TPSA) is 72.5 Å². The number of benzene rings is 1. The predicted octanol–water partition coefficient (Wildman–Crippen LogP) is 3.93. The largest absolute Gasteiger partial charge is 0.435 e. The van der Waals surface area contributed by atoms with E-state index in [9.17, 15) is 27.5 Å². The Morgan fingerprint density at radius 3 is 2.27 bits per heavy atom. The fourth-order valence-electron chi connectivity index (χ4n) is 2.89. The van der Waals surface area contributed by atoms with Crippen LogP contribution in [-0.2, 0) is 4.79 Å². The number of amides is 1. The zero-order valence-corrected chi connectivity index (χ0v) is 15.0. The van der Waals surface area contributed by atoms with Crippen LogP contribution >= 0.6 is 0 Å². The Morgan fingerprint density at radius 2 is 1.81 bits per heavy atom. The lowest BCUT2D eigenvalue weighted by molar-refractivity contribution is -0.130. The van der Waals surface area contributed by atoms with Crippen LogP contribution < -0.4 is 10.5 Å². The van der Waals surface area contributed by atoms with Crippen LogP contribution in [0.25, 0.3) is 0 Å². The van der Waals surface area contributed by atoms with Gasteiger partial charge in [-0.05, 0) is 35.4 Å². The van der Waals surface area contributed by atoms with Crippen LogP contribution in [0.1, 0.15) is 45.1 Å². The Balaban J connectivity index is 3.30. The Bertz CT molecular complexity index is 590. The number of nitrogens with two attached hydrogens (primary N) is 1. The van der Waals surface area contributed by atoms with E-state index in [4.69, 9.17) is 5.73 Å². The highest BCUT2D eigenvalue weighted by Crippen LogP contribution is 2.39. The number of hydrogen-bond acceptors (Lipinski definition) is 3. The normalized spacial score (nSPS) is 15.8. The summed E-state index contributed by atoms with van der Waals surface area (Å²) < 4.78 is 54.7. The molecule has 0 aromatic heterocycles. The molecule has 0 heterocycles. The molecular formula is C18H25F4NO3. The van der Waals surface area contributed by atoms with Crippen molar-refractivity contribution >= 4 is 5.91 Å². The molecule has 0 fully saturated rings. The summed E-state index contributed by atoms with van der Waals surface area (Å²) >= 11 is 0. The van der Waals surface area contributed by atoms with Crippen LogP contribution in [0.2, 0.25) is 0 Å². The maximum absolute atomic E-state index is 12.8. The van der Waals surface area contributed by atoms with E-state index in [0.717, 1.165) is 0 Å². The van der Waals surface area contributed by atoms with Crippen molar-refractivity contribution in [2.75, 3.05) is 0 Å². The molecule has 0 aliphatic heterocycles. The molecule has 3 atom stereocenters. The first-order valence-corrected chi connectivity index (χ1v) is 8.23. The van der Waals surface area contributed by atoms with Gasteiger partial charge in [0, 0.05) is 6.42 Å². The van der Waals surface area contributed by atoms with Crippen molar-refractivity contribution in [3.63, 3.8) is 0 Å². The quantitative estimate of drug-likeness (QED) is 0.639. The van der Waals surface area contributed by atoms with E-state index in [0.29, 0.717) is 5.56 Å². The molecule has 2 unspecified atom stereocenters. The van der Waals surface area contributed by atoms with E-state index in [1.54, 1.807) is 20.8 Å². The number of halogens is 4. The van der Waals surface area contributed by atoms with Gasteiger partial charge >= 0.3 is 6.61 Å². The molecule has 1 aromatic rings. The number of aliphatic hydroxyl groups excluding tert-OH is 1. The summed E-state index contributed by atoms with van der Waals surface area (Å²) in [7, 11) is 0. The molecule has 26 heavy (non-hydrogen) atoms. The highest BCUT2D eigenvalue weighted by atomic mass is 19.3. The van der Waals surface area contributed by atoms with Gasteiger partial charge in [0.15, 0.2) is 0 Å². The Hall–Kier alpha value is -1.83. The van der Waals surface area contributed by atoms with Gasteiger partial charge in [-0.15, -0.1) is 0 Å². The van der Waals surface area contributed by atoms with E-state index < -0.39 is 48.7 Å². The van der Waals surface area contributed by atoms with Gasteiger partial charge in [0.2, 0.25) is 12.3 Å². The minimum Gasteiger partial charge on any atom is -0.435 e. The van der Waals surface area contributed by atoms with E-state index in [1.807, 2.05) is 0 Å². The predicted molar refractivity (Wildman–Crippen MR) is 89.2 cm³/mol. The number of ether oxygens (including phenoxy) is 1. The highest BCUT2D eigenvalue weighted by molar-refractivity contribution is 5.78. The van der Waals surface area contributed by atoms with Gasteiger partial charge < -0.3 is 15.6 Å². The van der Waals surface area contributed by atoms with Crippen molar-refractivity contribution in [1.29, 1.82) is 0 Å². The van der Waals surface area contributed by atoms with Crippen LogP contribution in [-0.4, -0.2) is 30.2 Å². The van der Waals surface area contributed by atoms with Crippen molar-refractivity contribution < 1.29 is 32.2 Å². The van der Waals surface area contributed by atoms with Crippen molar-refractivity contribution in [1.82, 2.24) is 0 Å². The second-order valence-corrected chi connectivity index (χ2v) is 7.26. The third kappa shape index (κ3) is 6.48. The van der Waals surface area contributed by atoms with Crippen LogP contribution in [0.3, 0.4) is 0 Å². The molecule has 0 saturated carbocycles. The van der Waals surface area contributed by atoms with Gasteiger partial charge in [0.1, 0.15) is 5.75 Å². The standard InChI is InChI=1S/C18H25F4NO3/c1-18(2,3)15(24)14(16(23)25)12(7-8-13(19)20)10-5-4-6-11(9-10)26-17(21)22/h4-6,9,12-15,17,24H,7-8H2,1-3H3,(H2,23,25)/t12-,14?,15?/m1/s1. The third-order valence-electron chi connectivity index (χ3n) is 4.20. The zero-order valence-electron chi connectivity index (χ0n) is 15.0. The van der Waals surface area contributed by atoms with Gasteiger partial charge in [-0.25, -0.2) is 8.78 Å². The van der Waals surface area contributed by atoms with E-state index in [2.05, 4.69) is 4.74 Å². The summed E-state index contributed by atoms with van der Waals surface area (Å²) in [6, 6.07) is 5.48. The molecule has 148 valence electrons. The van der Waals surface area contributed by atoms with Crippen molar-refractivity contribution in [3.05, 3.63) is 29.8 Å². The summed E-state index contributed by atoms with van der Waals surface area (Å²) in [5.74, 6) is -3.02. The molecule has 8 heteroatoms. The molecule has 1 rings (SSSR count). The summed E-state index contributed by atoms with van der Waals surface area (Å²) in [6.45, 7) is 2.02. The van der Waals surface area contributed by atoms with Crippen LogP contribution in [0.4, 0.5) is 17.6 Å².